The lowest BCUT2D eigenvalue weighted by atomic mass is 9.82. The van der Waals surface area contributed by atoms with Gasteiger partial charge in [-0.3, -0.25) is 4.79 Å². The van der Waals surface area contributed by atoms with Crippen LogP contribution >= 0.6 is 11.6 Å². The first-order valence-corrected chi connectivity index (χ1v) is 15.8. The fourth-order valence-electron chi connectivity index (χ4n) is 6.79. The largest absolute Gasteiger partial charge is 0.355 e. The fraction of sp³-hybridized carbons (Fsp3) is 0.515. The molecule has 0 spiro atoms. The van der Waals surface area contributed by atoms with E-state index in [1.54, 1.807) is 9.47 Å². The molecule has 2 saturated heterocycles. The van der Waals surface area contributed by atoms with E-state index < -0.39 is 0 Å². The van der Waals surface area contributed by atoms with Gasteiger partial charge in [-0.05, 0) is 67.7 Å². The first-order valence-electron chi connectivity index (χ1n) is 15.4. The molecule has 2 aromatic heterocycles. The number of anilines is 2. The van der Waals surface area contributed by atoms with Crippen LogP contribution in [0.25, 0.3) is 16.7 Å². The third kappa shape index (κ3) is 5.19. The predicted octanol–water partition coefficient (Wildman–Crippen LogP) is 5.80. The van der Waals surface area contributed by atoms with Crippen molar-refractivity contribution in [1.82, 2.24) is 19.4 Å². The molecule has 4 heterocycles. The van der Waals surface area contributed by atoms with E-state index in [2.05, 4.69) is 62.3 Å². The van der Waals surface area contributed by atoms with Crippen molar-refractivity contribution >= 4 is 40.2 Å². The Labute approximate surface area is 254 Å². The van der Waals surface area contributed by atoms with Crippen molar-refractivity contribution in [2.75, 3.05) is 42.5 Å². The first-order chi connectivity index (χ1) is 20.2. The summed E-state index contributed by atoms with van der Waals surface area (Å²) in [7, 11) is 0. The molecular formula is C33H43ClN6O2. The zero-order chi connectivity index (χ0) is 30.2. The second-order valence-corrected chi connectivity index (χ2v) is 12.2. The highest BCUT2D eigenvalue weighted by Gasteiger charge is 2.37. The highest BCUT2D eigenvalue weighted by Crippen LogP contribution is 2.42. The number of pyridine rings is 1. The summed E-state index contributed by atoms with van der Waals surface area (Å²) in [5, 5.41) is 1.30. The molecule has 0 saturated carbocycles. The van der Waals surface area contributed by atoms with Gasteiger partial charge in [-0.1, -0.05) is 64.1 Å². The summed E-state index contributed by atoms with van der Waals surface area (Å²) in [5.41, 5.74) is 3.47. The van der Waals surface area contributed by atoms with Gasteiger partial charge in [-0.15, -0.1) is 0 Å². The number of nitrogens with zero attached hydrogens (tertiary/aromatic N) is 6. The Kier molecular flexibility index (Phi) is 8.65. The standard InChI is InChI=1S/C33H43ClN6O2/c1-7-23-13-12-14-24(8-2)28(23)40-30-25(19-26(34)31(35-30)38-16-15-33(10-4,11-5)21-38)29(36-32(40)42)39-18-17-37(20-22(39)6)27(41)9-3/h9,12-14,19,22H,3,7-8,10-11,15-18,20-21H2,1-2,4-6H3/t22-/m0/s1. The quantitative estimate of drug-likeness (QED) is 0.309. The number of hydrogen-bond donors (Lipinski definition) is 0. The van der Waals surface area contributed by atoms with E-state index in [-0.39, 0.29) is 23.1 Å². The molecule has 0 aliphatic carbocycles. The van der Waals surface area contributed by atoms with Crippen LogP contribution in [0, 0.1) is 5.41 Å². The third-order valence-electron chi connectivity index (χ3n) is 9.60. The Bertz CT molecular complexity index is 1540. The number of carbonyl (C=O) groups is 1. The smallest absolute Gasteiger partial charge is 0.355 e. The van der Waals surface area contributed by atoms with Gasteiger partial charge >= 0.3 is 5.69 Å². The number of aryl methyl sites for hydroxylation is 2. The third-order valence-corrected chi connectivity index (χ3v) is 9.87. The number of hydrogen-bond acceptors (Lipinski definition) is 6. The molecule has 0 N–H and O–H groups in total. The molecule has 0 radical (unpaired) electrons. The van der Waals surface area contributed by atoms with Crippen LogP contribution in [-0.2, 0) is 17.6 Å². The van der Waals surface area contributed by atoms with Crippen LogP contribution in [0.1, 0.15) is 65.0 Å². The Morgan fingerprint density at radius 3 is 2.33 bits per heavy atom. The monoisotopic (exact) mass is 590 g/mol. The van der Waals surface area contributed by atoms with Crippen LogP contribution in [-0.4, -0.2) is 64.1 Å². The molecule has 1 amide bonds. The number of amides is 1. The number of rotatable bonds is 8. The Balaban J connectivity index is 1.74. The number of benzene rings is 1. The molecule has 1 aromatic carbocycles. The van der Waals surface area contributed by atoms with E-state index in [1.807, 2.05) is 13.0 Å². The van der Waals surface area contributed by atoms with E-state index in [9.17, 15) is 9.59 Å². The normalized spacial score (nSPS) is 18.6. The van der Waals surface area contributed by atoms with Crippen LogP contribution in [0.5, 0.6) is 0 Å². The first kappa shape index (κ1) is 30.1. The molecule has 2 aliphatic heterocycles. The summed E-state index contributed by atoms with van der Waals surface area (Å²) >= 11 is 7.05. The summed E-state index contributed by atoms with van der Waals surface area (Å²) in [6.07, 6.45) is 6.20. The molecule has 1 atom stereocenters. The minimum atomic E-state index is -0.358. The van der Waals surface area contributed by atoms with Gasteiger partial charge in [0.05, 0.1) is 16.1 Å². The lowest BCUT2D eigenvalue weighted by Gasteiger charge is -2.40. The number of aromatic nitrogens is 3. The van der Waals surface area contributed by atoms with E-state index in [1.165, 1.54) is 6.08 Å². The van der Waals surface area contributed by atoms with Gasteiger partial charge in [0.2, 0.25) is 5.91 Å². The zero-order valence-corrected chi connectivity index (χ0v) is 26.4. The van der Waals surface area contributed by atoms with Gasteiger partial charge in [-0.25, -0.2) is 14.3 Å². The maximum atomic E-state index is 14.1. The second-order valence-electron chi connectivity index (χ2n) is 11.8. The van der Waals surface area contributed by atoms with Crippen molar-refractivity contribution in [3.8, 4) is 5.69 Å². The summed E-state index contributed by atoms with van der Waals surface area (Å²) < 4.78 is 1.71. The van der Waals surface area contributed by atoms with Crippen molar-refractivity contribution in [2.24, 2.45) is 5.41 Å². The average molecular weight is 591 g/mol. The zero-order valence-electron chi connectivity index (χ0n) is 25.6. The average Bonchev–Trinajstić information content (AvgIpc) is 3.45. The molecule has 5 rings (SSSR count). The van der Waals surface area contributed by atoms with Crippen LogP contribution in [0.3, 0.4) is 0 Å². The van der Waals surface area contributed by atoms with Crippen molar-refractivity contribution in [1.29, 1.82) is 0 Å². The second kappa shape index (κ2) is 12.1. The Morgan fingerprint density at radius 1 is 1.07 bits per heavy atom. The molecule has 42 heavy (non-hydrogen) atoms. The summed E-state index contributed by atoms with van der Waals surface area (Å²) in [4.78, 5) is 42.6. The summed E-state index contributed by atoms with van der Waals surface area (Å²) in [6, 6.07) is 8.09. The lowest BCUT2D eigenvalue weighted by molar-refractivity contribution is -0.126. The van der Waals surface area contributed by atoms with E-state index >= 15 is 0 Å². The van der Waals surface area contributed by atoms with E-state index in [4.69, 9.17) is 21.6 Å². The van der Waals surface area contributed by atoms with Gasteiger partial charge in [0.15, 0.2) is 5.65 Å². The number of halogens is 1. The van der Waals surface area contributed by atoms with Crippen LogP contribution in [0.2, 0.25) is 5.02 Å². The van der Waals surface area contributed by atoms with Gasteiger partial charge in [0, 0.05) is 38.8 Å². The molecule has 2 fully saturated rings. The van der Waals surface area contributed by atoms with Crippen molar-refractivity contribution in [2.45, 2.75) is 72.8 Å². The number of para-hydroxylation sites is 1. The van der Waals surface area contributed by atoms with E-state index in [0.29, 0.717) is 36.1 Å². The van der Waals surface area contributed by atoms with Crippen LogP contribution in [0.4, 0.5) is 11.6 Å². The minimum absolute atomic E-state index is 0.0607. The van der Waals surface area contributed by atoms with E-state index in [0.717, 1.165) is 73.2 Å². The summed E-state index contributed by atoms with van der Waals surface area (Å²) in [5.74, 6) is 1.20. The molecular weight excluding hydrogens is 548 g/mol. The maximum absolute atomic E-state index is 14.1. The number of fused-ring (bicyclic) bond motifs is 1. The molecule has 3 aromatic rings. The van der Waals surface area contributed by atoms with Gasteiger partial charge in [-0.2, -0.15) is 4.98 Å². The topological polar surface area (TPSA) is 74.6 Å². The van der Waals surface area contributed by atoms with Crippen molar-refractivity contribution in [3.63, 3.8) is 0 Å². The number of carbonyl (C=O) groups excluding carboxylic acids is 1. The van der Waals surface area contributed by atoms with Crippen molar-refractivity contribution < 1.29 is 4.79 Å². The number of piperazine rings is 1. The van der Waals surface area contributed by atoms with Gasteiger partial charge in [0.1, 0.15) is 11.6 Å². The highest BCUT2D eigenvalue weighted by atomic mass is 35.5. The summed E-state index contributed by atoms with van der Waals surface area (Å²) in [6.45, 7) is 17.8. The van der Waals surface area contributed by atoms with Gasteiger partial charge < -0.3 is 14.7 Å². The molecule has 9 heteroatoms. The fourth-order valence-corrected chi connectivity index (χ4v) is 7.06. The van der Waals surface area contributed by atoms with Crippen LogP contribution in [0.15, 0.2) is 41.7 Å². The molecule has 0 bridgehead atoms. The molecule has 8 nitrogen and oxygen atoms in total. The SMILES string of the molecule is C=CC(=O)N1CCN(c2nc(=O)n(-c3c(CC)cccc3CC)c3nc(N4CCC(CC)(CC)C4)c(Cl)cc23)[C@@H](C)C1. The predicted molar refractivity (Wildman–Crippen MR) is 172 cm³/mol. The lowest BCUT2D eigenvalue weighted by Crippen LogP contribution is -2.54. The maximum Gasteiger partial charge on any atom is 0.355 e. The molecule has 224 valence electrons. The van der Waals surface area contributed by atoms with Crippen LogP contribution < -0.4 is 15.5 Å². The highest BCUT2D eigenvalue weighted by molar-refractivity contribution is 6.33. The van der Waals surface area contributed by atoms with Gasteiger partial charge in [0.25, 0.3) is 0 Å². The Hall–Kier alpha value is -3.39. The Morgan fingerprint density at radius 2 is 1.76 bits per heavy atom. The van der Waals surface area contributed by atoms with Crippen molar-refractivity contribution in [3.05, 3.63) is 63.6 Å². The minimum Gasteiger partial charge on any atom is -0.355 e. The molecule has 0 unspecified atom stereocenters. The molecule has 2 aliphatic rings.